The molecule has 2 heterocycles. The summed E-state index contributed by atoms with van der Waals surface area (Å²) in [4.78, 5) is 15.2. The molecule has 146 valence electrons. The van der Waals surface area contributed by atoms with Crippen LogP contribution >= 0.6 is 0 Å². The first-order valence-corrected chi connectivity index (χ1v) is 10.3. The summed E-state index contributed by atoms with van der Waals surface area (Å²) in [5, 5.41) is 7.60. The Balaban J connectivity index is 1.58. The second kappa shape index (κ2) is 9.70. The van der Waals surface area contributed by atoms with Crippen LogP contribution in [0.5, 0.6) is 0 Å². The molecule has 1 aliphatic rings. The highest BCUT2D eigenvalue weighted by Crippen LogP contribution is 2.16. The van der Waals surface area contributed by atoms with E-state index in [1.165, 1.54) is 18.4 Å². The first kappa shape index (κ1) is 19.6. The summed E-state index contributed by atoms with van der Waals surface area (Å²) in [5.41, 5.74) is 2.95. The van der Waals surface area contributed by atoms with Gasteiger partial charge >= 0.3 is 0 Å². The van der Waals surface area contributed by atoms with Crippen LogP contribution in [0.25, 0.3) is 0 Å². The molecule has 1 aliphatic heterocycles. The van der Waals surface area contributed by atoms with Crippen molar-refractivity contribution in [1.82, 2.24) is 20.0 Å². The highest BCUT2D eigenvalue weighted by atomic mass is 16.1. The third-order valence-electron chi connectivity index (χ3n) is 5.45. The molecule has 5 nitrogen and oxygen atoms in total. The van der Waals surface area contributed by atoms with Gasteiger partial charge in [-0.2, -0.15) is 5.10 Å². The van der Waals surface area contributed by atoms with Crippen molar-refractivity contribution in [3.8, 4) is 0 Å². The number of rotatable bonds is 8. The van der Waals surface area contributed by atoms with Crippen LogP contribution in [0.2, 0.25) is 0 Å². The van der Waals surface area contributed by atoms with Gasteiger partial charge in [0.25, 0.3) is 5.91 Å². The zero-order chi connectivity index (χ0) is 19.1. The van der Waals surface area contributed by atoms with Crippen molar-refractivity contribution in [3.63, 3.8) is 0 Å². The van der Waals surface area contributed by atoms with Crippen LogP contribution in [0, 0.1) is 5.92 Å². The number of hydrogen-bond donors (Lipinski definition) is 1. The van der Waals surface area contributed by atoms with Gasteiger partial charge in [0, 0.05) is 13.1 Å². The molecular weight excluding hydrogens is 336 g/mol. The second-order valence-corrected chi connectivity index (χ2v) is 7.68. The van der Waals surface area contributed by atoms with Crippen molar-refractivity contribution in [2.75, 3.05) is 26.2 Å². The fraction of sp³-hybridized carbons (Fsp3) is 0.545. The first-order chi connectivity index (χ1) is 13.2. The maximum atomic E-state index is 12.7. The number of nitrogens with one attached hydrogen (secondary N) is 1. The highest BCUT2D eigenvalue weighted by Gasteiger charge is 2.18. The van der Waals surface area contributed by atoms with Gasteiger partial charge in [-0.1, -0.05) is 50.6 Å². The average Bonchev–Trinajstić information content (AvgIpc) is 3.07. The Hall–Kier alpha value is -2.14. The molecule has 27 heavy (non-hydrogen) atoms. The summed E-state index contributed by atoms with van der Waals surface area (Å²) >= 11 is 0. The summed E-state index contributed by atoms with van der Waals surface area (Å²) in [7, 11) is 0. The third-order valence-corrected chi connectivity index (χ3v) is 5.45. The van der Waals surface area contributed by atoms with E-state index in [1.54, 1.807) is 6.20 Å². The van der Waals surface area contributed by atoms with Crippen molar-refractivity contribution >= 4 is 5.91 Å². The van der Waals surface area contributed by atoms with E-state index in [9.17, 15) is 4.79 Å². The Morgan fingerprint density at radius 1 is 1.22 bits per heavy atom. The lowest BCUT2D eigenvalue weighted by Crippen LogP contribution is -2.39. The van der Waals surface area contributed by atoms with Crippen LogP contribution in [0.3, 0.4) is 0 Å². The van der Waals surface area contributed by atoms with Crippen molar-refractivity contribution in [2.45, 2.75) is 46.1 Å². The van der Waals surface area contributed by atoms with E-state index >= 15 is 0 Å². The van der Waals surface area contributed by atoms with Gasteiger partial charge in [0.15, 0.2) is 0 Å². The molecule has 2 aromatic rings. The molecular formula is C22H32N4O. The molecule has 1 aromatic carbocycles. The summed E-state index contributed by atoms with van der Waals surface area (Å²) < 4.78 is 1.97. The van der Waals surface area contributed by atoms with E-state index in [4.69, 9.17) is 0 Å². The smallest absolute Gasteiger partial charge is 0.254 e. The van der Waals surface area contributed by atoms with Crippen molar-refractivity contribution in [1.29, 1.82) is 0 Å². The van der Waals surface area contributed by atoms with Crippen molar-refractivity contribution in [3.05, 3.63) is 53.3 Å². The molecule has 0 aliphatic carbocycles. The number of nitrogens with zero attached hydrogens (tertiary/aromatic N) is 3. The second-order valence-electron chi connectivity index (χ2n) is 7.68. The van der Waals surface area contributed by atoms with Crippen LogP contribution in [-0.4, -0.2) is 46.8 Å². The minimum Gasteiger partial charge on any atom is -0.351 e. The van der Waals surface area contributed by atoms with Gasteiger partial charge in [0.2, 0.25) is 0 Å². The van der Waals surface area contributed by atoms with Crippen molar-refractivity contribution < 1.29 is 4.79 Å². The number of amides is 1. The molecule has 0 atom stereocenters. The number of piperidine rings is 1. The van der Waals surface area contributed by atoms with Crippen LogP contribution in [-0.2, 0) is 13.0 Å². The SMILES string of the molecule is CCCc1c(C(=O)NCCN2CCC(C)CC2)cnn1Cc1ccccc1. The zero-order valence-electron chi connectivity index (χ0n) is 16.7. The average molecular weight is 369 g/mol. The Morgan fingerprint density at radius 3 is 2.67 bits per heavy atom. The first-order valence-electron chi connectivity index (χ1n) is 10.3. The Morgan fingerprint density at radius 2 is 1.96 bits per heavy atom. The van der Waals surface area contributed by atoms with Gasteiger partial charge in [0.05, 0.1) is 24.0 Å². The molecule has 1 aromatic heterocycles. The molecule has 1 saturated heterocycles. The number of benzene rings is 1. The van der Waals surface area contributed by atoms with Crippen LogP contribution < -0.4 is 5.32 Å². The minimum absolute atomic E-state index is 0.00291. The van der Waals surface area contributed by atoms with E-state index < -0.39 is 0 Å². The predicted molar refractivity (Wildman–Crippen MR) is 109 cm³/mol. The maximum absolute atomic E-state index is 12.7. The summed E-state index contributed by atoms with van der Waals surface area (Å²) in [6, 6.07) is 10.3. The van der Waals surface area contributed by atoms with Gasteiger partial charge in [-0.05, 0) is 43.8 Å². The lowest BCUT2D eigenvalue weighted by Gasteiger charge is -2.30. The van der Waals surface area contributed by atoms with Crippen LogP contribution in [0.1, 0.15) is 54.7 Å². The Labute approximate surface area is 162 Å². The molecule has 1 fully saturated rings. The molecule has 0 radical (unpaired) electrons. The van der Waals surface area contributed by atoms with Gasteiger partial charge in [0.1, 0.15) is 0 Å². The summed E-state index contributed by atoms with van der Waals surface area (Å²) in [6.45, 7) is 9.08. The molecule has 0 unspecified atom stereocenters. The van der Waals surface area contributed by atoms with E-state index in [0.717, 1.165) is 49.7 Å². The standard InChI is InChI=1S/C22H32N4O/c1-3-7-21-20(16-24-26(21)17-19-8-5-4-6-9-19)22(27)23-12-15-25-13-10-18(2)11-14-25/h4-6,8-9,16,18H,3,7,10-15,17H2,1-2H3,(H,23,27). The number of likely N-dealkylation sites (tertiary alicyclic amines) is 1. The van der Waals surface area contributed by atoms with Crippen LogP contribution in [0.4, 0.5) is 0 Å². The molecule has 0 saturated carbocycles. The fourth-order valence-corrected chi connectivity index (χ4v) is 3.70. The number of hydrogen-bond acceptors (Lipinski definition) is 3. The molecule has 3 rings (SSSR count). The molecule has 0 bridgehead atoms. The topological polar surface area (TPSA) is 50.2 Å². The predicted octanol–water partition coefficient (Wildman–Crippen LogP) is 3.35. The summed E-state index contributed by atoms with van der Waals surface area (Å²) in [6.07, 6.45) is 6.11. The maximum Gasteiger partial charge on any atom is 0.254 e. The minimum atomic E-state index is 0.00291. The lowest BCUT2D eigenvalue weighted by atomic mass is 9.99. The monoisotopic (exact) mass is 368 g/mol. The van der Waals surface area contributed by atoms with Gasteiger partial charge in [-0.15, -0.1) is 0 Å². The van der Waals surface area contributed by atoms with Gasteiger partial charge in [-0.25, -0.2) is 0 Å². The molecule has 0 spiro atoms. The Bertz CT molecular complexity index is 717. The Kier molecular flexibility index (Phi) is 7.04. The lowest BCUT2D eigenvalue weighted by molar-refractivity contribution is 0.0943. The fourth-order valence-electron chi connectivity index (χ4n) is 3.70. The van der Waals surface area contributed by atoms with Gasteiger partial charge in [-0.3, -0.25) is 9.48 Å². The normalized spacial score (nSPS) is 15.8. The van der Waals surface area contributed by atoms with E-state index in [-0.39, 0.29) is 5.91 Å². The quantitative estimate of drug-likeness (QED) is 0.777. The zero-order valence-corrected chi connectivity index (χ0v) is 16.7. The van der Waals surface area contributed by atoms with Gasteiger partial charge < -0.3 is 10.2 Å². The molecule has 5 heteroatoms. The largest absolute Gasteiger partial charge is 0.351 e. The molecule has 1 N–H and O–H groups in total. The number of aromatic nitrogens is 2. The highest BCUT2D eigenvalue weighted by molar-refractivity contribution is 5.95. The number of carbonyl (C=O) groups is 1. The summed E-state index contributed by atoms with van der Waals surface area (Å²) in [5.74, 6) is 0.839. The van der Waals surface area contributed by atoms with E-state index in [0.29, 0.717) is 13.1 Å². The van der Waals surface area contributed by atoms with E-state index in [2.05, 4.69) is 41.3 Å². The number of carbonyl (C=O) groups excluding carboxylic acids is 1. The van der Waals surface area contributed by atoms with Crippen LogP contribution in [0.15, 0.2) is 36.5 Å². The molecule has 1 amide bonds. The van der Waals surface area contributed by atoms with Crippen molar-refractivity contribution in [2.24, 2.45) is 5.92 Å². The van der Waals surface area contributed by atoms with E-state index in [1.807, 2.05) is 22.9 Å². The third kappa shape index (κ3) is 5.42.